The third-order valence-corrected chi connectivity index (χ3v) is 5.00. The first-order valence-electron chi connectivity index (χ1n) is 4.92. The van der Waals surface area contributed by atoms with Gasteiger partial charge in [0.2, 0.25) is 0 Å². The van der Waals surface area contributed by atoms with Crippen LogP contribution in [0.2, 0.25) is 6.55 Å². The monoisotopic (exact) mass is 204 g/mol. The minimum absolute atomic E-state index is 0.375. The Morgan fingerprint density at radius 3 is 2.23 bits per heavy atom. The smallest absolute Gasteiger partial charge is 0.450 e. The molecule has 0 amide bonds. The van der Waals surface area contributed by atoms with Crippen molar-refractivity contribution in [1.82, 2.24) is 0 Å². The minimum Gasteiger partial charge on any atom is -0.450 e. The topological polar surface area (TPSA) is 46.5 Å². The second-order valence-corrected chi connectivity index (χ2v) is 5.66. The van der Waals surface area contributed by atoms with E-state index < -0.39 is 15.7 Å². The van der Waals surface area contributed by atoms with Gasteiger partial charge in [-0.2, -0.15) is 0 Å². The summed E-state index contributed by atoms with van der Waals surface area (Å²) in [5.74, 6) is 0.375. The Kier molecular flexibility index (Phi) is 5.06. The van der Waals surface area contributed by atoms with Crippen molar-refractivity contribution in [2.75, 3.05) is 0 Å². The number of carbonyl (C=O) groups is 1. The molecule has 0 saturated heterocycles. The van der Waals surface area contributed by atoms with Crippen LogP contribution in [0, 0.1) is 5.92 Å². The molecule has 0 aliphatic heterocycles. The summed E-state index contributed by atoms with van der Waals surface area (Å²) in [5, 5.41) is 8.24. The third-order valence-electron chi connectivity index (χ3n) is 2.87. The highest BCUT2D eigenvalue weighted by atomic mass is 28.2. The number of rotatable bonds is 5. The van der Waals surface area contributed by atoms with E-state index in [1.807, 2.05) is 6.92 Å². The highest BCUT2D eigenvalue weighted by Crippen LogP contribution is 2.26. The highest BCUT2D eigenvalue weighted by molar-refractivity contribution is 6.38. The molecule has 13 heavy (non-hydrogen) atoms. The van der Waals surface area contributed by atoms with E-state index in [1.54, 1.807) is 0 Å². The molecular weight excluding hydrogens is 184 g/mol. The zero-order valence-corrected chi connectivity index (χ0v) is 10.4. The predicted octanol–water partition coefficient (Wildman–Crippen LogP) is 2.05. The van der Waals surface area contributed by atoms with E-state index >= 15 is 0 Å². The standard InChI is InChI=1S/C9H20O3Si/c1-5-7(6-2)9(3,13-4)12-8(10)11/h7H,5-6,13H2,1-4H3,(H,10,11). The largest absolute Gasteiger partial charge is 0.505 e. The third kappa shape index (κ3) is 3.38. The minimum atomic E-state index is -1.14. The maximum atomic E-state index is 10.5. The molecule has 0 rings (SSSR count). The maximum Gasteiger partial charge on any atom is 0.505 e. The van der Waals surface area contributed by atoms with E-state index in [-0.39, 0.29) is 5.22 Å². The predicted molar refractivity (Wildman–Crippen MR) is 56.0 cm³/mol. The van der Waals surface area contributed by atoms with Crippen molar-refractivity contribution in [3.8, 4) is 0 Å². The Bertz CT molecular complexity index is 168. The molecule has 0 saturated carbocycles. The lowest BCUT2D eigenvalue weighted by molar-refractivity contribution is 0.00401. The van der Waals surface area contributed by atoms with Gasteiger partial charge < -0.3 is 9.84 Å². The lowest BCUT2D eigenvalue weighted by atomic mass is 9.97. The van der Waals surface area contributed by atoms with Gasteiger partial charge in [0.15, 0.2) is 0 Å². The molecule has 4 heteroatoms. The first-order chi connectivity index (χ1) is 6.00. The van der Waals surface area contributed by atoms with Crippen LogP contribution in [0.25, 0.3) is 0 Å². The fourth-order valence-corrected chi connectivity index (χ4v) is 3.22. The number of hydrogen-bond donors (Lipinski definition) is 1. The summed E-state index contributed by atoms with van der Waals surface area (Å²) in [6.07, 6.45) is 0.839. The molecule has 0 bridgehead atoms. The van der Waals surface area contributed by atoms with Crippen LogP contribution in [0.3, 0.4) is 0 Å². The quantitative estimate of drug-likeness (QED) is 0.551. The van der Waals surface area contributed by atoms with Crippen LogP contribution in [0.1, 0.15) is 33.6 Å². The Labute approximate surface area is 82.3 Å². The van der Waals surface area contributed by atoms with Crippen molar-refractivity contribution in [1.29, 1.82) is 0 Å². The molecule has 0 aliphatic rings. The van der Waals surface area contributed by atoms with Gasteiger partial charge in [-0.25, -0.2) is 4.79 Å². The van der Waals surface area contributed by atoms with Crippen molar-refractivity contribution in [3.63, 3.8) is 0 Å². The second-order valence-electron chi connectivity index (χ2n) is 3.55. The molecule has 3 nitrogen and oxygen atoms in total. The second kappa shape index (κ2) is 5.27. The summed E-state index contributed by atoms with van der Waals surface area (Å²) in [7, 11) is -0.484. The molecule has 1 unspecified atom stereocenters. The molecule has 1 N–H and O–H groups in total. The van der Waals surface area contributed by atoms with Crippen LogP contribution in [-0.4, -0.2) is 26.0 Å². The maximum absolute atomic E-state index is 10.5. The Morgan fingerprint density at radius 2 is 2.00 bits per heavy atom. The van der Waals surface area contributed by atoms with Crippen molar-refractivity contribution in [2.24, 2.45) is 5.92 Å². The van der Waals surface area contributed by atoms with E-state index in [2.05, 4.69) is 20.4 Å². The molecule has 0 radical (unpaired) electrons. The Hall–Kier alpha value is -0.513. The number of ether oxygens (including phenoxy) is 1. The fraction of sp³-hybridized carbons (Fsp3) is 0.889. The first kappa shape index (κ1) is 12.5. The molecular formula is C9H20O3Si. The van der Waals surface area contributed by atoms with E-state index in [0.29, 0.717) is 5.92 Å². The summed E-state index contributed by atoms with van der Waals surface area (Å²) in [4.78, 5) is 10.5. The Morgan fingerprint density at radius 1 is 1.54 bits per heavy atom. The van der Waals surface area contributed by atoms with Gasteiger partial charge >= 0.3 is 6.16 Å². The average Bonchev–Trinajstić information content (AvgIpc) is 2.05. The van der Waals surface area contributed by atoms with Crippen LogP contribution in [0.15, 0.2) is 0 Å². The summed E-state index contributed by atoms with van der Waals surface area (Å²) in [6, 6.07) is 0. The van der Waals surface area contributed by atoms with Crippen LogP contribution in [-0.2, 0) is 4.74 Å². The van der Waals surface area contributed by atoms with E-state index in [9.17, 15) is 4.79 Å². The lowest BCUT2D eigenvalue weighted by Gasteiger charge is -2.34. The molecule has 0 aromatic rings. The molecule has 0 aliphatic carbocycles. The summed E-state index contributed by atoms with van der Waals surface area (Å²) < 4.78 is 5.01. The SMILES string of the molecule is CCC(CC)C(C)(OC(=O)O)[SiH2]C. The zero-order chi connectivity index (χ0) is 10.5. The van der Waals surface area contributed by atoms with Gasteiger partial charge in [-0.15, -0.1) is 0 Å². The fourth-order valence-electron chi connectivity index (χ4n) is 1.80. The van der Waals surface area contributed by atoms with Gasteiger partial charge in [0.1, 0.15) is 0 Å². The summed E-state index contributed by atoms with van der Waals surface area (Å²) in [6.45, 7) is 8.20. The molecule has 0 spiro atoms. The molecule has 1 atom stereocenters. The first-order valence-corrected chi connectivity index (χ1v) is 7.04. The summed E-state index contributed by atoms with van der Waals surface area (Å²) in [5.41, 5.74) is 0. The Balaban J connectivity index is 4.48. The number of hydrogen-bond acceptors (Lipinski definition) is 2. The highest BCUT2D eigenvalue weighted by Gasteiger charge is 2.34. The molecule has 0 aromatic heterocycles. The molecule has 0 heterocycles. The summed E-state index contributed by atoms with van der Waals surface area (Å²) >= 11 is 0. The lowest BCUT2D eigenvalue weighted by Crippen LogP contribution is -2.43. The van der Waals surface area contributed by atoms with Crippen molar-refractivity contribution < 1.29 is 14.6 Å². The van der Waals surface area contributed by atoms with Gasteiger partial charge in [-0.3, -0.25) is 0 Å². The van der Waals surface area contributed by atoms with Crippen molar-refractivity contribution >= 4 is 15.7 Å². The van der Waals surface area contributed by atoms with Crippen LogP contribution in [0.5, 0.6) is 0 Å². The van der Waals surface area contributed by atoms with Crippen LogP contribution < -0.4 is 0 Å². The van der Waals surface area contributed by atoms with Gasteiger partial charge in [-0.05, 0) is 25.7 Å². The molecule has 0 fully saturated rings. The van der Waals surface area contributed by atoms with Crippen molar-refractivity contribution in [3.05, 3.63) is 0 Å². The normalized spacial score (nSPS) is 16.4. The van der Waals surface area contributed by atoms with Crippen LogP contribution in [0.4, 0.5) is 4.79 Å². The van der Waals surface area contributed by atoms with E-state index in [1.165, 1.54) is 0 Å². The van der Waals surface area contributed by atoms with E-state index in [0.717, 1.165) is 12.8 Å². The van der Waals surface area contributed by atoms with Gasteiger partial charge in [0.05, 0.1) is 14.7 Å². The number of carboxylic acid groups (broad SMARTS) is 1. The van der Waals surface area contributed by atoms with E-state index in [4.69, 9.17) is 9.84 Å². The van der Waals surface area contributed by atoms with Gasteiger partial charge in [0.25, 0.3) is 0 Å². The van der Waals surface area contributed by atoms with Crippen LogP contribution >= 0.6 is 0 Å². The average molecular weight is 204 g/mol. The molecule has 0 aromatic carbocycles. The molecule has 78 valence electrons. The van der Waals surface area contributed by atoms with Gasteiger partial charge in [-0.1, -0.05) is 20.4 Å². The van der Waals surface area contributed by atoms with Gasteiger partial charge in [0, 0.05) is 0 Å². The van der Waals surface area contributed by atoms with Crippen molar-refractivity contribution in [2.45, 2.75) is 45.4 Å². The zero-order valence-electron chi connectivity index (χ0n) is 8.96.